The van der Waals surface area contributed by atoms with Crippen molar-refractivity contribution in [2.45, 2.75) is 62.8 Å². The SMILES string of the molecule is COc1ccc(C(C)C2CCc3cc([C@H]4CC[C@]5(COC(=O)N5)C4)ccc3C2)cc1. The minimum Gasteiger partial charge on any atom is -0.497 e. The number of fused-ring (bicyclic) bond motifs is 1. The molecule has 1 N–H and O–H groups in total. The molecule has 5 rings (SSSR count). The van der Waals surface area contributed by atoms with Gasteiger partial charge in [-0.05, 0) is 90.7 Å². The Kier molecular flexibility index (Phi) is 4.96. The molecule has 2 unspecified atom stereocenters. The summed E-state index contributed by atoms with van der Waals surface area (Å²) in [6.45, 7) is 2.89. The van der Waals surface area contributed by atoms with Gasteiger partial charge in [0, 0.05) is 0 Å². The predicted molar refractivity (Wildman–Crippen MR) is 117 cm³/mol. The van der Waals surface area contributed by atoms with E-state index in [4.69, 9.17) is 9.47 Å². The van der Waals surface area contributed by atoms with Crippen LogP contribution < -0.4 is 10.1 Å². The molecule has 2 fully saturated rings. The first-order valence-corrected chi connectivity index (χ1v) is 11.3. The second kappa shape index (κ2) is 7.64. The third-order valence-electron chi connectivity index (χ3n) is 7.77. The van der Waals surface area contributed by atoms with Crippen LogP contribution in [0, 0.1) is 5.92 Å². The topological polar surface area (TPSA) is 47.6 Å². The van der Waals surface area contributed by atoms with Crippen molar-refractivity contribution in [3.63, 3.8) is 0 Å². The van der Waals surface area contributed by atoms with Crippen LogP contribution in [0.4, 0.5) is 4.79 Å². The van der Waals surface area contributed by atoms with Gasteiger partial charge in [-0.25, -0.2) is 4.79 Å². The first-order valence-electron chi connectivity index (χ1n) is 11.3. The fourth-order valence-electron chi connectivity index (χ4n) is 5.81. The molecule has 4 atom stereocenters. The summed E-state index contributed by atoms with van der Waals surface area (Å²) in [6.07, 6.45) is 6.43. The Labute approximate surface area is 179 Å². The maximum Gasteiger partial charge on any atom is 0.407 e. The van der Waals surface area contributed by atoms with E-state index in [9.17, 15) is 4.79 Å². The van der Waals surface area contributed by atoms with Gasteiger partial charge in [-0.3, -0.25) is 0 Å². The molecule has 1 saturated carbocycles. The summed E-state index contributed by atoms with van der Waals surface area (Å²) in [5.74, 6) is 2.67. The van der Waals surface area contributed by atoms with Gasteiger partial charge in [0.25, 0.3) is 0 Å². The van der Waals surface area contributed by atoms with E-state index in [0.29, 0.717) is 24.4 Å². The maximum atomic E-state index is 11.5. The molecular formula is C26H31NO3. The molecule has 1 amide bonds. The molecule has 4 heteroatoms. The van der Waals surface area contributed by atoms with E-state index < -0.39 is 0 Å². The van der Waals surface area contributed by atoms with Crippen molar-refractivity contribution in [2.24, 2.45) is 5.92 Å². The van der Waals surface area contributed by atoms with E-state index in [0.717, 1.165) is 37.9 Å². The molecule has 1 saturated heterocycles. The van der Waals surface area contributed by atoms with E-state index in [1.165, 1.54) is 28.7 Å². The number of hydrogen-bond acceptors (Lipinski definition) is 3. The number of alkyl carbamates (subject to hydrolysis) is 1. The van der Waals surface area contributed by atoms with Crippen molar-refractivity contribution >= 4 is 6.09 Å². The van der Waals surface area contributed by atoms with Gasteiger partial charge < -0.3 is 14.8 Å². The van der Waals surface area contributed by atoms with Gasteiger partial charge >= 0.3 is 6.09 Å². The molecular weight excluding hydrogens is 374 g/mol. The van der Waals surface area contributed by atoms with Gasteiger partial charge in [-0.15, -0.1) is 0 Å². The van der Waals surface area contributed by atoms with Gasteiger partial charge in [0.05, 0.1) is 12.6 Å². The second-order valence-corrected chi connectivity index (χ2v) is 9.51. The van der Waals surface area contributed by atoms with Crippen molar-refractivity contribution in [3.05, 3.63) is 64.7 Å². The number of nitrogens with one attached hydrogen (secondary N) is 1. The van der Waals surface area contributed by atoms with Crippen LogP contribution in [-0.4, -0.2) is 25.3 Å². The van der Waals surface area contributed by atoms with Crippen molar-refractivity contribution in [1.82, 2.24) is 5.32 Å². The summed E-state index contributed by atoms with van der Waals surface area (Å²) in [6, 6.07) is 15.7. The minimum absolute atomic E-state index is 0.128. The molecule has 30 heavy (non-hydrogen) atoms. The highest BCUT2D eigenvalue weighted by molar-refractivity contribution is 5.70. The zero-order valence-electron chi connectivity index (χ0n) is 17.9. The predicted octanol–water partition coefficient (Wildman–Crippen LogP) is 5.35. The standard InChI is InChI=1S/C26H31NO3/c1-17(18-7-9-24(29-2)10-8-18)19-3-4-21-14-22(6-5-20(21)13-19)23-11-12-26(15-23)16-30-25(28)27-26/h5-10,14,17,19,23H,3-4,11-13,15-16H2,1-2H3,(H,27,28)/t17?,19?,23-,26+/m0/s1. The molecule has 2 aliphatic carbocycles. The van der Waals surface area contributed by atoms with Crippen LogP contribution in [0.3, 0.4) is 0 Å². The number of rotatable bonds is 4. The molecule has 1 aliphatic heterocycles. The molecule has 1 heterocycles. The van der Waals surface area contributed by atoms with Gasteiger partial charge in [-0.2, -0.15) is 0 Å². The summed E-state index contributed by atoms with van der Waals surface area (Å²) in [5, 5.41) is 3.06. The number of cyclic esters (lactones) is 1. The van der Waals surface area contributed by atoms with Crippen LogP contribution in [0.5, 0.6) is 5.75 Å². The summed E-state index contributed by atoms with van der Waals surface area (Å²) >= 11 is 0. The van der Waals surface area contributed by atoms with Crippen molar-refractivity contribution in [3.8, 4) is 5.75 Å². The Balaban J connectivity index is 1.27. The average molecular weight is 406 g/mol. The number of methoxy groups -OCH3 is 1. The highest BCUT2D eigenvalue weighted by Crippen LogP contribution is 2.44. The van der Waals surface area contributed by atoms with E-state index in [1.54, 1.807) is 7.11 Å². The number of carbonyl (C=O) groups excluding carboxylic acids is 1. The number of ether oxygens (including phenoxy) is 2. The largest absolute Gasteiger partial charge is 0.497 e. The lowest BCUT2D eigenvalue weighted by atomic mass is 9.74. The molecule has 0 bridgehead atoms. The van der Waals surface area contributed by atoms with Gasteiger partial charge in [0.1, 0.15) is 12.4 Å². The molecule has 4 nitrogen and oxygen atoms in total. The van der Waals surface area contributed by atoms with Crippen molar-refractivity contribution in [1.29, 1.82) is 0 Å². The van der Waals surface area contributed by atoms with E-state index >= 15 is 0 Å². The second-order valence-electron chi connectivity index (χ2n) is 9.51. The van der Waals surface area contributed by atoms with Crippen LogP contribution in [0.25, 0.3) is 0 Å². The monoisotopic (exact) mass is 405 g/mol. The number of aryl methyl sites for hydroxylation is 1. The molecule has 2 aromatic rings. The number of benzene rings is 2. The first-order chi connectivity index (χ1) is 14.5. The lowest BCUT2D eigenvalue weighted by Gasteiger charge is -2.30. The van der Waals surface area contributed by atoms with Crippen LogP contribution in [0.1, 0.15) is 66.7 Å². The van der Waals surface area contributed by atoms with Gasteiger partial charge in [0.2, 0.25) is 0 Å². The lowest BCUT2D eigenvalue weighted by Crippen LogP contribution is -2.40. The van der Waals surface area contributed by atoms with Crippen LogP contribution in [-0.2, 0) is 17.6 Å². The molecule has 2 aromatic carbocycles. The lowest BCUT2D eigenvalue weighted by molar-refractivity contribution is 0.172. The first kappa shape index (κ1) is 19.5. The van der Waals surface area contributed by atoms with Gasteiger partial charge in [-0.1, -0.05) is 37.3 Å². The van der Waals surface area contributed by atoms with Crippen LogP contribution >= 0.6 is 0 Å². The minimum atomic E-state index is -0.252. The van der Waals surface area contributed by atoms with Crippen LogP contribution in [0.15, 0.2) is 42.5 Å². The van der Waals surface area contributed by atoms with E-state index in [2.05, 4.69) is 54.7 Å². The number of carbonyl (C=O) groups is 1. The van der Waals surface area contributed by atoms with E-state index in [-0.39, 0.29) is 11.6 Å². The average Bonchev–Trinajstić information content (AvgIpc) is 3.37. The van der Waals surface area contributed by atoms with Crippen molar-refractivity contribution < 1.29 is 14.3 Å². The molecule has 1 spiro atoms. The zero-order valence-corrected chi connectivity index (χ0v) is 17.9. The summed E-state index contributed by atoms with van der Waals surface area (Å²) in [4.78, 5) is 11.5. The summed E-state index contributed by atoms with van der Waals surface area (Å²) in [5.41, 5.74) is 5.75. The third kappa shape index (κ3) is 3.57. The Morgan fingerprint density at radius 1 is 1.13 bits per heavy atom. The Morgan fingerprint density at radius 2 is 1.97 bits per heavy atom. The van der Waals surface area contributed by atoms with E-state index in [1.807, 2.05) is 0 Å². The summed E-state index contributed by atoms with van der Waals surface area (Å²) < 4.78 is 10.5. The quantitative estimate of drug-likeness (QED) is 0.746. The highest BCUT2D eigenvalue weighted by Gasteiger charge is 2.46. The smallest absolute Gasteiger partial charge is 0.407 e. The summed E-state index contributed by atoms with van der Waals surface area (Å²) in [7, 11) is 1.72. The molecule has 158 valence electrons. The molecule has 3 aliphatic rings. The van der Waals surface area contributed by atoms with Crippen LogP contribution in [0.2, 0.25) is 0 Å². The third-order valence-corrected chi connectivity index (χ3v) is 7.77. The fourth-order valence-corrected chi connectivity index (χ4v) is 5.81. The molecule has 0 aromatic heterocycles. The number of hydrogen-bond donors (Lipinski definition) is 1. The maximum absolute atomic E-state index is 11.5. The fraction of sp³-hybridized carbons (Fsp3) is 0.500. The normalized spacial score (nSPS) is 28.7. The molecule has 0 radical (unpaired) electrons. The van der Waals surface area contributed by atoms with Gasteiger partial charge in [0.15, 0.2) is 0 Å². The Bertz CT molecular complexity index is 938. The number of amides is 1. The highest BCUT2D eigenvalue weighted by atomic mass is 16.6. The Morgan fingerprint density at radius 3 is 2.70 bits per heavy atom. The van der Waals surface area contributed by atoms with Crippen molar-refractivity contribution in [2.75, 3.05) is 13.7 Å². The zero-order chi connectivity index (χ0) is 20.7. The Hall–Kier alpha value is -2.49.